The molecule has 0 radical (unpaired) electrons. The molecule has 1 fully saturated rings. The van der Waals surface area contributed by atoms with Crippen molar-refractivity contribution in [1.29, 1.82) is 0 Å². The molecule has 0 saturated carbocycles. The van der Waals surface area contributed by atoms with Crippen LogP contribution in [0.4, 0.5) is 5.82 Å². The summed E-state index contributed by atoms with van der Waals surface area (Å²) in [5, 5.41) is 7.35. The summed E-state index contributed by atoms with van der Waals surface area (Å²) in [6.07, 6.45) is 3.64. The number of carbonyl (C=O) groups excluding carboxylic acids is 2. The van der Waals surface area contributed by atoms with Crippen LogP contribution >= 0.6 is 0 Å². The molecule has 0 aliphatic carbocycles. The van der Waals surface area contributed by atoms with Crippen LogP contribution < -0.4 is 10.2 Å². The number of amides is 1. The summed E-state index contributed by atoms with van der Waals surface area (Å²) in [4.78, 5) is 37.9. The number of nitrogens with one attached hydrogen (secondary N) is 1. The Bertz CT molecular complexity index is 1090. The third-order valence-electron chi connectivity index (χ3n) is 6.25. The monoisotopic (exact) mass is 434 g/mol. The highest BCUT2D eigenvalue weighted by Crippen LogP contribution is 2.31. The number of Topliss-reactive ketones (excluding diaryl/α,β-unsaturated/α-hetero) is 1. The minimum atomic E-state index is -0.962. The second kappa shape index (κ2) is 8.11. The number of anilines is 1. The fraction of sp³-hybridized carbons (Fsp3) is 0.417. The van der Waals surface area contributed by atoms with Crippen LogP contribution in [0.2, 0.25) is 0 Å². The second-order valence-corrected chi connectivity index (χ2v) is 8.89. The molecule has 5 rings (SSSR count). The number of pyridine rings is 1. The summed E-state index contributed by atoms with van der Waals surface area (Å²) in [5.41, 5.74) is 2.54. The zero-order valence-corrected chi connectivity index (χ0v) is 18.3. The van der Waals surface area contributed by atoms with E-state index in [1.807, 2.05) is 11.0 Å². The van der Waals surface area contributed by atoms with Gasteiger partial charge in [0, 0.05) is 29.4 Å². The Morgan fingerprint density at radius 3 is 2.69 bits per heavy atom. The third-order valence-corrected chi connectivity index (χ3v) is 6.25. The van der Waals surface area contributed by atoms with Crippen molar-refractivity contribution in [1.82, 2.24) is 10.3 Å². The van der Waals surface area contributed by atoms with E-state index >= 15 is 0 Å². The fourth-order valence-corrected chi connectivity index (χ4v) is 4.39. The third kappa shape index (κ3) is 3.59. The second-order valence-electron chi connectivity index (χ2n) is 8.89. The molecule has 0 bridgehead atoms. The standard InChI is InChI=1S/C24H26N4O4/c1-24(2)21(29)20(27-32-24)15-5-7-16(8-6-15)23(30)28(18-4-3-10-25-12-18)22-19-14-31-13-17(19)9-11-26-22/h5-9,11,18,25H,3-4,10,12-14H2,1-2H3. The largest absolute Gasteiger partial charge is 0.381 e. The van der Waals surface area contributed by atoms with E-state index in [9.17, 15) is 9.59 Å². The smallest absolute Gasteiger partial charge is 0.259 e. The highest BCUT2D eigenvalue weighted by atomic mass is 16.7. The lowest BCUT2D eigenvalue weighted by molar-refractivity contribution is -0.128. The molecular formula is C24H26N4O4. The van der Waals surface area contributed by atoms with Gasteiger partial charge < -0.3 is 14.9 Å². The number of piperidine rings is 1. The van der Waals surface area contributed by atoms with E-state index in [0.717, 1.165) is 30.5 Å². The Labute approximate surface area is 186 Å². The molecule has 0 spiro atoms. The minimum absolute atomic E-state index is 0.00510. The average Bonchev–Trinajstić information content (AvgIpc) is 3.40. The predicted octanol–water partition coefficient (Wildman–Crippen LogP) is 2.59. The first kappa shape index (κ1) is 20.8. The van der Waals surface area contributed by atoms with Crippen molar-refractivity contribution in [3.05, 3.63) is 58.8 Å². The molecule has 166 valence electrons. The van der Waals surface area contributed by atoms with Crippen LogP contribution in [0.5, 0.6) is 0 Å². The number of nitrogens with zero attached hydrogens (tertiary/aromatic N) is 3. The molecule has 1 unspecified atom stereocenters. The highest BCUT2D eigenvalue weighted by molar-refractivity contribution is 6.49. The van der Waals surface area contributed by atoms with Crippen LogP contribution in [0.15, 0.2) is 41.7 Å². The summed E-state index contributed by atoms with van der Waals surface area (Å²) in [6.45, 7) is 6.04. The summed E-state index contributed by atoms with van der Waals surface area (Å²) in [5.74, 6) is 0.387. The van der Waals surface area contributed by atoms with Crippen molar-refractivity contribution in [2.75, 3.05) is 18.0 Å². The molecule has 1 atom stereocenters. The van der Waals surface area contributed by atoms with Gasteiger partial charge in [-0.2, -0.15) is 0 Å². The molecule has 1 aromatic carbocycles. The first-order valence-electron chi connectivity index (χ1n) is 11.0. The van der Waals surface area contributed by atoms with Gasteiger partial charge in [-0.25, -0.2) is 4.98 Å². The van der Waals surface area contributed by atoms with Crippen molar-refractivity contribution in [3.8, 4) is 0 Å². The molecule has 8 nitrogen and oxygen atoms in total. The van der Waals surface area contributed by atoms with Gasteiger partial charge in [-0.1, -0.05) is 17.3 Å². The molecular weight excluding hydrogens is 408 g/mol. The summed E-state index contributed by atoms with van der Waals surface area (Å²) < 4.78 is 5.63. The number of benzene rings is 1. The topological polar surface area (TPSA) is 93.1 Å². The lowest BCUT2D eigenvalue weighted by Crippen LogP contribution is -2.49. The van der Waals surface area contributed by atoms with Crippen LogP contribution in [-0.2, 0) is 27.6 Å². The molecule has 2 aromatic rings. The van der Waals surface area contributed by atoms with Crippen LogP contribution in [0.3, 0.4) is 0 Å². The molecule has 4 heterocycles. The van der Waals surface area contributed by atoms with E-state index in [1.165, 1.54) is 0 Å². The van der Waals surface area contributed by atoms with Crippen LogP contribution in [0, 0.1) is 0 Å². The molecule has 8 heteroatoms. The molecule has 32 heavy (non-hydrogen) atoms. The van der Waals surface area contributed by atoms with E-state index < -0.39 is 5.60 Å². The Morgan fingerprint density at radius 2 is 2.00 bits per heavy atom. The van der Waals surface area contributed by atoms with Crippen molar-refractivity contribution >= 4 is 23.2 Å². The number of ketones is 1. The summed E-state index contributed by atoms with van der Waals surface area (Å²) >= 11 is 0. The number of oxime groups is 1. The molecule has 1 aromatic heterocycles. The first-order valence-corrected chi connectivity index (χ1v) is 11.0. The first-order chi connectivity index (χ1) is 15.5. The van der Waals surface area contributed by atoms with Crippen LogP contribution in [0.1, 0.15) is 53.7 Å². The summed E-state index contributed by atoms with van der Waals surface area (Å²) in [6, 6.07) is 8.93. The fourth-order valence-electron chi connectivity index (χ4n) is 4.39. The van der Waals surface area contributed by atoms with E-state index in [0.29, 0.717) is 36.7 Å². The number of hydrogen-bond donors (Lipinski definition) is 1. The number of ether oxygens (including phenoxy) is 1. The predicted molar refractivity (Wildman–Crippen MR) is 119 cm³/mol. The van der Waals surface area contributed by atoms with Crippen molar-refractivity contribution in [3.63, 3.8) is 0 Å². The maximum atomic E-state index is 13.7. The average molecular weight is 434 g/mol. The zero-order chi connectivity index (χ0) is 22.3. The number of fused-ring (bicyclic) bond motifs is 1. The Morgan fingerprint density at radius 1 is 1.19 bits per heavy atom. The molecule has 3 aliphatic heterocycles. The maximum Gasteiger partial charge on any atom is 0.259 e. The van der Waals surface area contributed by atoms with Gasteiger partial charge >= 0.3 is 0 Å². The van der Waals surface area contributed by atoms with Crippen LogP contribution in [0.25, 0.3) is 0 Å². The molecule has 1 N–H and O–H groups in total. The van der Waals surface area contributed by atoms with Gasteiger partial charge in [-0.15, -0.1) is 0 Å². The Hall–Kier alpha value is -3.10. The Balaban J connectivity index is 1.47. The van der Waals surface area contributed by atoms with E-state index in [2.05, 4.69) is 15.5 Å². The quantitative estimate of drug-likeness (QED) is 0.795. The Kier molecular flexibility index (Phi) is 5.27. The number of carbonyl (C=O) groups is 2. The lowest BCUT2D eigenvalue weighted by atomic mass is 9.95. The molecule has 1 amide bonds. The van der Waals surface area contributed by atoms with E-state index in [-0.39, 0.29) is 23.4 Å². The van der Waals surface area contributed by atoms with E-state index in [1.54, 1.807) is 44.3 Å². The number of aromatic nitrogens is 1. The number of rotatable bonds is 4. The zero-order valence-electron chi connectivity index (χ0n) is 18.3. The highest BCUT2D eigenvalue weighted by Gasteiger charge is 2.40. The van der Waals surface area contributed by atoms with Gasteiger partial charge in [-0.05, 0) is 57.0 Å². The number of hydrogen-bond acceptors (Lipinski definition) is 7. The van der Waals surface area contributed by atoms with E-state index in [4.69, 9.17) is 9.57 Å². The van der Waals surface area contributed by atoms with Crippen molar-refractivity contribution in [2.45, 2.75) is 51.5 Å². The maximum absolute atomic E-state index is 13.7. The summed E-state index contributed by atoms with van der Waals surface area (Å²) in [7, 11) is 0. The van der Waals surface area contributed by atoms with Gasteiger partial charge in [0.2, 0.25) is 5.78 Å². The van der Waals surface area contributed by atoms with Gasteiger partial charge in [0.15, 0.2) is 11.3 Å². The SMILES string of the molecule is CC1(C)ON=C(c2ccc(C(=O)N(c3nccc4c3COC4)C3CCCNC3)cc2)C1=O. The molecule has 3 aliphatic rings. The normalized spacial score (nSPS) is 21.6. The van der Waals surface area contributed by atoms with Gasteiger partial charge in [0.1, 0.15) is 5.82 Å². The van der Waals surface area contributed by atoms with Crippen molar-refractivity contribution in [2.24, 2.45) is 5.16 Å². The minimum Gasteiger partial charge on any atom is -0.381 e. The molecule has 1 saturated heterocycles. The van der Waals surface area contributed by atoms with Gasteiger partial charge in [0.05, 0.1) is 19.3 Å². The van der Waals surface area contributed by atoms with Crippen molar-refractivity contribution < 1.29 is 19.2 Å². The van der Waals surface area contributed by atoms with Gasteiger partial charge in [-0.3, -0.25) is 14.5 Å². The van der Waals surface area contributed by atoms with Crippen LogP contribution in [-0.4, -0.2) is 47.1 Å². The van der Waals surface area contributed by atoms with Gasteiger partial charge in [0.25, 0.3) is 5.91 Å². The lowest BCUT2D eigenvalue weighted by Gasteiger charge is -2.35.